The average Bonchev–Trinajstić information content (AvgIpc) is 2.29. The summed E-state index contributed by atoms with van der Waals surface area (Å²) in [7, 11) is 0. The normalized spacial score (nSPS) is 10.1. The average molecular weight is 272 g/mol. The number of ether oxygens (including phenoxy) is 1. The number of nitrogens with zero attached hydrogens (tertiary/aromatic N) is 1. The van der Waals surface area contributed by atoms with Crippen molar-refractivity contribution in [1.29, 1.82) is 0 Å². The standard InChI is InChI=1S/C10H12N2O5S/c1-2-17-9(15)6-3-11-10(16)12-7(6)4-18-5-8(13)14/h3H,2,4-5H2,1H3,(H,13,14)(H,11,12,16). The van der Waals surface area contributed by atoms with Gasteiger partial charge in [0.25, 0.3) is 0 Å². The molecule has 0 saturated carbocycles. The summed E-state index contributed by atoms with van der Waals surface area (Å²) in [6.07, 6.45) is 1.13. The quantitative estimate of drug-likeness (QED) is 0.715. The number of carboxylic acid groups (broad SMARTS) is 1. The smallest absolute Gasteiger partial charge is 0.345 e. The number of nitrogens with one attached hydrogen (secondary N) is 1. The van der Waals surface area contributed by atoms with Crippen molar-refractivity contribution in [1.82, 2.24) is 9.97 Å². The molecule has 0 aliphatic carbocycles. The number of carbonyl (C=O) groups excluding carboxylic acids is 1. The van der Waals surface area contributed by atoms with E-state index in [-0.39, 0.29) is 23.7 Å². The molecule has 1 aromatic rings. The van der Waals surface area contributed by atoms with Gasteiger partial charge in [-0.1, -0.05) is 0 Å². The molecule has 1 rings (SSSR count). The molecule has 98 valence electrons. The van der Waals surface area contributed by atoms with E-state index in [1.807, 2.05) is 0 Å². The summed E-state index contributed by atoms with van der Waals surface area (Å²) in [5.41, 5.74) is -0.122. The van der Waals surface area contributed by atoms with Gasteiger partial charge in [0.2, 0.25) is 0 Å². The van der Waals surface area contributed by atoms with E-state index in [2.05, 4.69) is 9.97 Å². The molecule has 18 heavy (non-hydrogen) atoms. The summed E-state index contributed by atoms with van der Waals surface area (Å²) >= 11 is 1.07. The van der Waals surface area contributed by atoms with Gasteiger partial charge >= 0.3 is 17.6 Å². The van der Waals surface area contributed by atoms with Crippen LogP contribution in [0.1, 0.15) is 23.0 Å². The number of H-pyrrole nitrogens is 1. The highest BCUT2D eigenvalue weighted by Crippen LogP contribution is 2.13. The summed E-state index contributed by atoms with van der Waals surface area (Å²) in [5, 5.41) is 8.51. The lowest BCUT2D eigenvalue weighted by Gasteiger charge is -2.06. The molecule has 0 radical (unpaired) electrons. The van der Waals surface area contributed by atoms with Crippen LogP contribution in [0, 0.1) is 0 Å². The van der Waals surface area contributed by atoms with Crippen molar-refractivity contribution in [2.45, 2.75) is 12.7 Å². The molecular weight excluding hydrogens is 260 g/mol. The predicted octanol–water partition coefficient (Wildman–Crippen LogP) is 0.264. The van der Waals surface area contributed by atoms with Crippen molar-refractivity contribution >= 4 is 23.7 Å². The minimum atomic E-state index is -0.964. The Labute approximate surface area is 107 Å². The topological polar surface area (TPSA) is 109 Å². The van der Waals surface area contributed by atoms with Crippen LogP contribution < -0.4 is 5.69 Å². The van der Waals surface area contributed by atoms with Crippen molar-refractivity contribution in [3.63, 3.8) is 0 Å². The fourth-order valence-electron chi connectivity index (χ4n) is 1.17. The van der Waals surface area contributed by atoms with Gasteiger partial charge in [-0.25, -0.2) is 14.6 Å². The number of hydrogen-bond acceptors (Lipinski definition) is 6. The first-order chi connectivity index (χ1) is 8.54. The van der Waals surface area contributed by atoms with Crippen molar-refractivity contribution in [2.24, 2.45) is 0 Å². The van der Waals surface area contributed by atoms with Gasteiger partial charge in [-0.05, 0) is 6.92 Å². The number of hydrogen-bond donors (Lipinski definition) is 2. The maximum atomic E-state index is 11.6. The summed E-state index contributed by atoms with van der Waals surface area (Å²) in [6.45, 7) is 1.87. The Morgan fingerprint density at radius 1 is 1.56 bits per heavy atom. The van der Waals surface area contributed by atoms with E-state index in [0.29, 0.717) is 5.69 Å². The molecule has 0 aromatic carbocycles. The third kappa shape index (κ3) is 4.21. The van der Waals surface area contributed by atoms with E-state index in [1.165, 1.54) is 0 Å². The first-order valence-corrected chi connectivity index (χ1v) is 6.25. The Hall–Kier alpha value is -1.83. The van der Waals surface area contributed by atoms with Gasteiger partial charge in [-0.2, -0.15) is 0 Å². The van der Waals surface area contributed by atoms with Gasteiger partial charge in [-0.15, -0.1) is 11.8 Å². The molecule has 0 aliphatic heterocycles. The molecule has 7 nitrogen and oxygen atoms in total. The summed E-state index contributed by atoms with van der Waals surface area (Å²) in [6, 6.07) is 0. The van der Waals surface area contributed by atoms with E-state index in [4.69, 9.17) is 9.84 Å². The highest BCUT2D eigenvalue weighted by molar-refractivity contribution is 7.99. The van der Waals surface area contributed by atoms with Crippen LogP contribution in [-0.4, -0.2) is 39.4 Å². The maximum absolute atomic E-state index is 11.6. The lowest BCUT2D eigenvalue weighted by molar-refractivity contribution is -0.133. The summed E-state index contributed by atoms with van der Waals surface area (Å²) in [5.74, 6) is -1.48. The molecule has 0 aliphatic rings. The van der Waals surface area contributed by atoms with E-state index in [1.54, 1.807) is 6.92 Å². The molecule has 1 aromatic heterocycles. The van der Waals surface area contributed by atoms with Crippen LogP contribution in [0.15, 0.2) is 11.0 Å². The maximum Gasteiger partial charge on any atom is 0.345 e. The SMILES string of the molecule is CCOC(=O)c1cnc(=O)[nH]c1CSCC(=O)O. The Kier molecular flexibility index (Phi) is 5.37. The third-order valence-corrected chi connectivity index (χ3v) is 2.80. The van der Waals surface area contributed by atoms with Crippen molar-refractivity contribution in [2.75, 3.05) is 12.4 Å². The number of aliphatic carboxylic acids is 1. The summed E-state index contributed by atoms with van der Waals surface area (Å²) in [4.78, 5) is 38.9. The molecule has 0 unspecified atom stereocenters. The molecule has 0 fully saturated rings. The van der Waals surface area contributed by atoms with Crippen LogP contribution in [-0.2, 0) is 15.3 Å². The number of carbonyl (C=O) groups is 2. The number of aromatic nitrogens is 2. The molecular formula is C10H12N2O5S. The predicted molar refractivity (Wildman–Crippen MR) is 64.6 cm³/mol. The molecule has 0 amide bonds. The van der Waals surface area contributed by atoms with Gasteiger partial charge in [0.15, 0.2) is 0 Å². The van der Waals surface area contributed by atoms with Crippen LogP contribution >= 0.6 is 11.8 Å². The Morgan fingerprint density at radius 2 is 2.28 bits per heavy atom. The van der Waals surface area contributed by atoms with Gasteiger partial charge in [0, 0.05) is 17.6 Å². The lowest BCUT2D eigenvalue weighted by Crippen LogP contribution is -2.18. The minimum Gasteiger partial charge on any atom is -0.481 e. The molecule has 1 heterocycles. The van der Waals surface area contributed by atoms with Crippen LogP contribution in [0.4, 0.5) is 0 Å². The first-order valence-electron chi connectivity index (χ1n) is 5.09. The molecule has 8 heteroatoms. The van der Waals surface area contributed by atoms with E-state index in [9.17, 15) is 14.4 Å². The Bertz CT molecular complexity index is 499. The number of carboxylic acids is 1. The lowest BCUT2D eigenvalue weighted by atomic mass is 10.2. The van der Waals surface area contributed by atoms with E-state index in [0.717, 1.165) is 18.0 Å². The molecule has 0 spiro atoms. The summed E-state index contributed by atoms with van der Waals surface area (Å²) < 4.78 is 4.81. The van der Waals surface area contributed by atoms with Gasteiger partial charge in [0.05, 0.1) is 17.9 Å². The van der Waals surface area contributed by atoms with Crippen LogP contribution in [0.5, 0.6) is 0 Å². The third-order valence-electron chi connectivity index (χ3n) is 1.86. The molecule has 2 N–H and O–H groups in total. The fourth-order valence-corrected chi connectivity index (χ4v) is 1.88. The molecule has 0 atom stereocenters. The zero-order valence-electron chi connectivity index (χ0n) is 9.63. The Morgan fingerprint density at radius 3 is 2.89 bits per heavy atom. The highest BCUT2D eigenvalue weighted by atomic mass is 32.2. The van der Waals surface area contributed by atoms with Crippen molar-refractivity contribution < 1.29 is 19.4 Å². The van der Waals surface area contributed by atoms with Gasteiger partial charge in [-0.3, -0.25) is 4.79 Å². The van der Waals surface area contributed by atoms with Crippen molar-refractivity contribution in [3.05, 3.63) is 27.9 Å². The zero-order valence-corrected chi connectivity index (χ0v) is 10.5. The van der Waals surface area contributed by atoms with Crippen LogP contribution in [0.25, 0.3) is 0 Å². The number of esters is 1. The largest absolute Gasteiger partial charge is 0.481 e. The second kappa shape index (κ2) is 6.80. The fraction of sp³-hybridized carbons (Fsp3) is 0.400. The van der Waals surface area contributed by atoms with Crippen molar-refractivity contribution in [3.8, 4) is 0 Å². The first kappa shape index (κ1) is 14.2. The highest BCUT2D eigenvalue weighted by Gasteiger charge is 2.14. The van der Waals surface area contributed by atoms with Crippen LogP contribution in [0.3, 0.4) is 0 Å². The molecule has 0 bridgehead atoms. The van der Waals surface area contributed by atoms with E-state index < -0.39 is 17.6 Å². The number of thioether (sulfide) groups is 1. The Balaban J connectivity index is 2.86. The second-order valence-electron chi connectivity index (χ2n) is 3.19. The molecule has 0 saturated heterocycles. The van der Waals surface area contributed by atoms with Gasteiger partial charge in [0.1, 0.15) is 0 Å². The second-order valence-corrected chi connectivity index (χ2v) is 4.17. The van der Waals surface area contributed by atoms with E-state index >= 15 is 0 Å². The minimum absolute atomic E-state index is 0.118. The monoisotopic (exact) mass is 272 g/mol. The zero-order chi connectivity index (χ0) is 13.5. The van der Waals surface area contributed by atoms with Gasteiger partial charge < -0.3 is 14.8 Å². The number of rotatable bonds is 6. The number of aromatic amines is 1. The van der Waals surface area contributed by atoms with Crippen LogP contribution in [0.2, 0.25) is 0 Å².